The second-order valence-corrected chi connectivity index (χ2v) is 15.4. The Morgan fingerprint density at radius 3 is 1.36 bits per heavy atom. The van der Waals surface area contributed by atoms with Crippen molar-refractivity contribution in [1.29, 1.82) is 0 Å². The Balaban J connectivity index is 0.00000181. The van der Waals surface area contributed by atoms with E-state index in [1.807, 2.05) is 0 Å². The number of esters is 1. The van der Waals surface area contributed by atoms with E-state index in [0.717, 1.165) is 11.1 Å². The molecular formula is C26H41Cl2F6N2O2P. The second kappa shape index (κ2) is 11.1. The normalized spacial score (nSPS) is 15.2. The number of hydrogen-bond donors (Lipinski definition) is 0. The van der Waals surface area contributed by atoms with Gasteiger partial charge in [0.05, 0.1) is 5.56 Å². The molecule has 0 amide bonds. The van der Waals surface area contributed by atoms with Gasteiger partial charge in [-0.2, -0.15) is 0 Å². The quantitative estimate of drug-likeness (QED) is 0.0632. The number of halogens is 8. The fraction of sp³-hybridized carbons (Fsp3) is 0.615. The molecule has 1 aromatic carbocycles. The molecule has 0 aromatic heterocycles. The van der Waals surface area contributed by atoms with Crippen molar-refractivity contribution >= 4 is 42.2 Å². The summed E-state index contributed by atoms with van der Waals surface area (Å²) in [6.45, 7) is 19.2. The van der Waals surface area contributed by atoms with Crippen molar-refractivity contribution in [2.45, 2.75) is 78.6 Å². The van der Waals surface area contributed by atoms with Crippen molar-refractivity contribution in [2.75, 3.05) is 28.2 Å². The molecule has 1 rings (SSSR count). The van der Waals surface area contributed by atoms with Gasteiger partial charge in [0.1, 0.15) is 14.1 Å². The average molecular weight is 629 g/mol. The van der Waals surface area contributed by atoms with E-state index < -0.39 is 13.8 Å². The van der Waals surface area contributed by atoms with Gasteiger partial charge in [-0.1, -0.05) is 86.0 Å². The topological polar surface area (TPSA) is 32.5 Å². The Morgan fingerprint density at radius 2 is 1.13 bits per heavy atom. The molecule has 0 heterocycles. The summed E-state index contributed by atoms with van der Waals surface area (Å²) in [4.78, 5) is 15.4. The van der Waals surface area contributed by atoms with Crippen LogP contribution in [0.3, 0.4) is 0 Å². The van der Waals surface area contributed by atoms with Crippen molar-refractivity contribution in [1.82, 2.24) is 4.90 Å². The number of ether oxygens (including phenoxy) is 1. The van der Waals surface area contributed by atoms with E-state index in [1.165, 1.54) is 5.56 Å². The molecule has 0 fully saturated rings. The van der Waals surface area contributed by atoms with Gasteiger partial charge in [0.2, 0.25) is 5.76 Å². The Kier molecular flexibility index (Phi) is 10.6. The fourth-order valence-corrected chi connectivity index (χ4v) is 3.50. The first-order valence-corrected chi connectivity index (χ1v) is 14.7. The zero-order valence-corrected chi connectivity index (χ0v) is 27.2. The Bertz CT molecular complexity index is 1110. The molecule has 39 heavy (non-hydrogen) atoms. The monoisotopic (exact) mass is 628 g/mol. The first-order valence-electron chi connectivity index (χ1n) is 11.9. The molecule has 1 aromatic rings. The summed E-state index contributed by atoms with van der Waals surface area (Å²) in [5.41, 5.74) is 3.02. The molecule has 0 aliphatic carbocycles. The van der Waals surface area contributed by atoms with Gasteiger partial charge in [-0.25, -0.2) is 9.37 Å². The molecule has 228 valence electrons. The van der Waals surface area contributed by atoms with Crippen molar-refractivity contribution in [3.63, 3.8) is 0 Å². The van der Waals surface area contributed by atoms with E-state index >= 15 is 0 Å². The predicted octanol–water partition coefficient (Wildman–Crippen LogP) is 10.00. The predicted molar refractivity (Wildman–Crippen MR) is 151 cm³/mol. The van der Waals surface area contributed by atoms with Gasteiger partial charge in [-0.15, -0.1) is 0 Å². The van der Waals surface area contributed by atoms with Crippen LogP contribution in [0.15, 0.2) is 23.0 Å². The van der Waals surface area contributed by atoms with E-state index in [0.29, 0.717) is 5.56 Å². The minimum atomic E-state index is -10.7. The first kappa shape index (κ1) is 37.5. The van der Waals surface area contributed by atoms with Gasteiger partial charge in [-0.3, -0.25) is 0 Å². The van der Waals surface area contributed by atoms with Crippen LogP contribution in [0.1, 0.15) is 89.4 Å². The Labute approximate surface area is 238 Å². The van der Waals surface area contributed by atoms with Crippen LogP contribution >= 0.6 is 31.0 Å². The van der Waals surface area contributed by atoms with E-state index in [4.69, 9.17) is 27.9 Å². The van der Waals surface area contributed by atoms with E-state index in [2.05, 4.69) is 74.4 Å². The molecule has 0 atom stereocenters. The summed E-state index contributed by atoms with van der Waals surface area (Å²) in [5.74, 6) is -0.330. The van der Waals surface area contributed by atoms with Crippen LogP contribution in [0.2, 0.25) is 0 Å². The molecule has 13 heteroatoms. The van der Waals surface area contributed by atoms with Crippen LogP contribution in [-0.2, 0) is 21.0 Å². The zero-order chi connectivity index (χ0) is 31.8. The summed E-state index contributed by atoms with van der Waals surface area (Å²) in [6, 6.07) is 4.28. The van der Waals surface area contributed by atoms with Gasteiger partial charge in [0, 0.05) is 14.1 Å². The molecule has 0 unspecified atom stereocenters. The summed E-state index contributed by atoms with van der Waals surface area (Å²) >= 11 is 13.0. The summed E-state index contributed by atoms with van der Waals surface area (Å²) in [6.07, 6.45) is 0. The third-order valence-electron chi connectivity index (χ3n) is 5.18. The second-order valence-electron chi connectivity index (χ2n) is 12.7. The maximum absolute atomic E-state index is 13.8. The van der Waals surface area contributed by atoms with Gasteiger partial charge in [-0.05, 0) is 44.5 Å². The van der Waals surface area contributed by atoms with Crippen LogP contribution < -0.4 is 0 Å². The third-order valence-corrected chi connectivity index (χ3v) is 6.20. The van der Waals surface area contributed by atoms with Crippen LogP contribution in [0, 0.1) is 0 Å². The number of carbonyl (C=O) groups excluding carboxylic acids is 1. The molecule has 0 aliphatic heterocycles. The maximum atomic E-state index is 13.8. The zero-order valence-electron chi connectivity index (χ0n) is 24.8. The van der Waals surface area contributed by atoms with Gasteiger partial charge >= 0.3 is 44.1 Å². The van der Waals surface area contributed by atoms with Crippen LogP contribution in [0.5, 0.6) is 0 Å². The Morgan fingerprint density at radius 1 is 0.795 bits per heavy atom. The standard InChI is InChI=1S/C26H41Cl2N2O2.F6P/c1-24(2,3)16-14-17(25(4,5)6)19(18(15-16)26(7,8)9)23(31)32-20(21(27)29(10)11)22(28)30(12)13;1-7(2,3,4,5)6/h14-15H,1-13H3;/q+1;-1. The van der Waals surface area contributed by atoms with Gasteiger partial charge in [0.15, 0.2) is 5.16 Å². The van der Waals surface area contributed by atoms with Crippen molar-refractivity contribution in [3.05, 3.63) is 45.3 Å². The number of benzene rings is 1. The van der Waals surface area contributed by atoms with Crippen LogP contribution in [-0.4, -0.2) is 48.8 Å². The molecule has 0 saturated heterocycles. The molecule has 4 nitrogen and oxygen atoms in total. The molecule has 0 saturated carbocycles. The molecule has 0 N–H and O–H groups in total. The summed E-state index contributed by atoms with van der Waals surface area (Å²) in [7, 11) is -3.56. The van der Waals surface area contributed by atoms with Crippen LogP contribution in [0.4, 0.5) is 25.2 Å². The van der Waals surface area contributed by atoms with Crippen molar-refractivity contribution in [3.8, 4) is 0 Å². The average Bonchev–Trinajstić information content (AvgIpc) is 2.65. The first-order chi connectivity index (χ1) is 16.6. The van der Waals surface area contributed by atoms with E-state index in [9.17, 15) is 30.0 Å². The number of hydrogen-bond acceptors (Lipinski definition) is 3. The Hall–Kier alpha value is -1.51. The minimum absolute atomic E-state index is 0.0657. The summed E-state index contributed by atoms with van der Waals surface area (Å²) < 4.78 is 66.8. The molecule has 0 radical (unpaired) electrons. The molecular weight excluding hydrogens is 588 g/mol. The van der Waals surface area contributed by atoms with E-state index in [-0.39, 0.29) is 32.3 Å². The third kappa shape index (κ3) is 13.6. The number of carbonyl (C=O) groups is 1. The van der Waals surface area contributed by atoms with E-state index in [1.54, 1.807) is 37.7 Å². The van der Waals surface area contributed by atoms with Crippen LogP contribution in [0.25, 0.3) is 0 Å². The molecule has 0 aliphatic rings. The summed E-state index contributed by atoms with van der Waals surface area (Å²) in [5, 5.41) is 0.496. The number of allylic oxidation sites excluding steroid dienone is 1. The number of rotatable bonds is 4. The SMILES string of the molecule is CN(C)/C(Cl)=C(/OC(=O)c1c(C(C)(C)C)cc(C(C)(C)C)cc1C(C)(C)C)C(Cl)=[N+](C)C.F[P-](F)(F)(F)(F)F. The van der Waals surface area contributed by atoms with Gasteiger partial charge in [0.25, 0.3) is 0 Å². The fourth-order valence-electron chi connectivity index (χ4n) is 3.20. The number of nitrogens with zero attached hydrogens (tertiary/aromatic N) is 2. The molecule has 0 spiro atoms. The van der Waals surface area contributed by atoms with Gasteiger partial charge < -0.3 is 9.64 Å². The molecule has 0 bridgehead atoms. The van der Waals surface area contributed by atoms with Crippen molar-refractivity contribution < 1.29 is 39.3 Å². The van der Waals surface area contributed by atoms with Crippen molar-refractivity contribution in [2.24, 2.45) is 0 Å².